The van der Waals surface area contributed by atoms with Crippen LogP contribution in [0.15, 0.2) is 6.20 Å². The average molecular weight is 240 g/mol. The van der Waals surface area contributed by atoms with E-state index in [2.05, 4.69) is 28.6 Å². The number of thiazole rings is 1. The molecule has 0 unspecified atom stereocenters. The van der Waals surface area contributed by atoms with Crippen molar-refractivity contribution >= 4 is 16.5 Å². The Labute approximate surface area is 101 Å². The molecule has 2 N–H and O–H groups in total. The first-order chi connectivity index (χ1) is 7.65. The van der Waals surface area contributed by atoms with Crippen LogP contribution in [0.1, 0.15) is 18.7 Å². The summed E-state index contributed by atoms with van der Waals surface area (Å²) in [5.41, 5.74) is 5.63. The first-order valence-corrected chi connectivity index (χ1v) is 6.63. The van der Waals surface area contributed by atoms with Gasteiger partial charge in [-0.3, -0.25) is 9.80 Å². The molecule has 4 nitrogen and oxygen atoms in total. The molecule has 0 bridgehead atoms. The Balaban J connectivity index is 1.81. The number of piperazine rings is 1. The summed E-state index contributed by atoms with van der Waals surface area (Å²) >= 11 is 1.60. The van der Waals surface area contributed by atoms with Crippen LogP contribution in [0.4, 0.5) is 5.13 Å². The highest BCUT2D eigenvalue weighted by atomic mass is 32.1. The summed E-state index contributed by atoms with van der Waals surface area (Å²) in [4.78, 5) is 10.4. The standard InChI is InChI=1S/C11H20N4S/c1-9(2)15-5-3-14(4-6-15)8-10-7-13-11(12)16-10/h7,9H,3-6,8H2,1-2H3,(H2,12,13). The fourth-order valence-corrected chi connectivity index (χ4v) is 2.78. The number of hydrogen-bond acceptors (Lipinski definition) is 5. The molecule has 1 aliphatic heterocycles. The second kappa shape index (κ2) is 5.12. The molecule has 1 fully saturated rings. The van der Waals surface area contributed by atoms with Gasteiger partial charge in [0.25, 0.3) is 0 Å². The van der Waals surface area contributed by atoms with Crippen LogP contribution in [0.25, 0.3) is 0 Å². The molecule has 1 aromatic rings. The van der Waals surface area contributed by atoms with E-state index in [9.17, 15) is 0 Å². The molecule has 0 radical (unpaired) electrons. The second-order valence-corrected chi connectivity index (χ2v) is 5.72. The Morgan fingerprint density at radius 1 is 1.38 bits per heavy atom. The van der Waals surface area contributed by atoms with Crippen LogP contribution in [-0.2, 0) is 6.54 Å². The van der Waals surface area contributed by atoms with Gasteiger partial charge < -0.3 is 5.73 Å². The molecular formula is C11H20N4S. The van der Waals surface area contributed by atoms with Crippen molar-refractivity contribution in [2.24, 2.45) is 0 Å². The summed E-state index contributed by atoms with van der Waals surface area (Å²) < 4.78 is 0. The zero-order valence-corrected chi connectivity index (χ0v) is 10.8. The smallest absolute Gasteiger partial charge is 0.180 e. The highest BCUT2D eigenvalue weighted by molar-refractivity contribution is 7.15. The molecular weight excluding hydrogens is 220 g/mol. The van der Waals surface area contributed by atoms with E-state index in [-0.39, 0.29) is 0 Å². The monoisotopic (exact) mass is 240 g/mol. The van der Waals surface area contributed by atoms with E-state index in [1.165, 1.54) is 18.0 Å². The van der Waals surface area contributed by atoms with Crippen molar-refractivity contribution in [2.45, 2.75) is 26.4 Å². The van der Waals surface area contributed by atoms with Gasteiger partial charge in [0.15, 0.2) is 5.13 Å². The van der Waals surface area contributed by atoms with Crippen LogP contribution in [0.3, 0.4) is 0 Å². The van der Waals surface area contributed by atoms with Crippen LogP contribution < -0.4 is 5.73 Å². The Morgan fingerprint density at radius 3 is 2.56 bits per heavy atom. The molecule has 16 heavy (non-hydrogen) atoms. The first kappa shape index (κ1) is 11.8. The summed E-state index contributed by atoms with van der Waals surface area (Å²) in [6.45, 7) is 10.2. The molecule has 0 saturated carbocycles. The fourth-order valence-electron chi connectivity index (χ4n) is 2.05. The van der Waals surface area contributed by atoms with E-state index >= 15 is 0 Å². The van der Waals surface area contributed by atoms with Crippen molar-refractivity contribution in [3.05, 3.63) is 11.1 Å². The minimum Gasteiger partial charge on any atom is -0.375 e. The highest BCUT2D eigenvalue weighted by Crippen LogP contribution is 2.17. The SMILES string of the molecule is CC(C)N1CCN(Cc2cnc(N)s2)CC1. The number of rotatable bonds is 3. The van der Waals surface area contributed by atoms with Gasteiger partial charge in [0.1, 0.15) is 0 Å². The largest absolute Gasteiger partial charge is 0.375 e. The number of nitrogens with two attached hydrogens (primary N) is 1. The van der Waals surface area contributed by atoms with Crippen molar-refractivity contribution in [1.82, 2.24) is 14.8 Å². The molecule has 5 heteroatoms. The van der Waals surface area contributed by atoms with Gasteiger partial charge in [0.2, 0.25) is 0 Å². The summed E-state index contributed by atoms with van der Waals surface area (Å²) in [5, 5.41) is 0.677. The van der Waals surface area contributed by atoms with Crippen molar-refractivity contribution in [3.63, 3.8) is 0 Å². The molecule has 0 aromatic carbocycles. The zero-order chi connectivity index (χ0) is 11.5. The molecule has 0 atom stereocenters. The van der Waals surface area contributed by atoms with Crippen LogP contribution in [0, 0.1) is 0 Å². The quantitative estimate of drug-likeness (QED) is 0.864. The van der Waals surface area contributed by atoms with Gasteiger partial charge in [-0.15, -0.1) is 11.3 Å². The Hall–Kier alpha value is -0.650. The molecule has 1 aromatic heterocycles. The average Bonchev–Trinajstić information content (AvgIpc) is 2.65. The van der Waals surface area contributed by atoms with Crippen LogP contribution in [-0.4, -0.2) is 47.0 Å². The van der Waals surface area contributed by atoms with Crippen LogP contribution in [0.2, 0.25) is 0 Å². The van der Waals surface area contributed by atoms with E-state index in [0.717, 1.165) is 19.6 Å². The lowest BCUT2D eigenvalue weighted by Gasteiger charge is -2.36. The van der Waals surface area contributed by atoms with Gasteiger partial charge in [-0.2, -0.15) is 0 Å². The number of anilines is 1. The van der Waals surface area contributed by atoms with Crippen LogP contribution in [0.5, 0.6) is 0 Å². The number of aromatic nitrogens is 1. The van der Waals surface area contributed by atoms with E-state index in [1.807, 2.05) is 6.20 Å². The lowest BCUT2D eigenvalue weighted by Crippen LogP contribution is -2.48. The second-order valence-electron chi connectivity index (χ2n) is 4.57. The molecule has 1 saturated heterocycles. The fraction of sp³-hybridized carbons (Fsp3) is 0.727. The van der Waals surface area contributed by atoms with Crippen molar-refractivity contribution < 1.29 is 0 Å². The van der Waals surface area contributed by atoms with Crippen molar-refractivity contribution in [1.29, 1.82) is 0 Å². The Bertz CT molecular complexity index is 328. The molecule has 90 valence electrons. The number of hydrogen-bond donors (Lipinski definition) is 1. The van der Waals surface area contributed by atoms with Gasteiger partial charge in [-0.25, -0.2) is 4.98 Å². The van der Waals surface area contributed by atoms with E-state index in [4.69, 9.17) is 5.73 Å². The lowest BCUT2D eigenvalue weighted by molar-refractivity contribution is 0.105. The lowest BCUT2D eigenvalue weighted by atomic mass is 10.2. The predicted octanol–water partition coefficient (Wildman–Crippen LogP) is 1.25. The predicted molar refractivity (Wildman–Crippen MR) is 68.5 cm³/mol. The number of nitrogens with zero attached hydrogens (tertiary/aromatic N) is 3. The third-order valence-electron chi connectivity index (χ3n) is 3.09. The minimum atomic E-state index is 0.668. The highest BCUT2D eigenvalue weighted by Gasteiger charge is 2.19. The first-order valence-electron chi connectivity index (χ1n) is 5.81. The summed E-state index contributed by atoms with van der Waals surface area (Å²) in [6, 6.07) is 0.668. The van der Waals surface area contributed by atoms with Gasteiger partial charge in [0.05, 0.1) is 0 Å². The van der Waals surface area contributed by atoms with Gasteiger partial charge in [0, 0.05) is 49.8 Å². The molecule has 0 spiro atoms. The summed E-state index contributed by atoms with van der Waals surface area (Å²) in [7, 11) is 0. The maximum Gasteiger partial charge on any atom is 0.180 e. The van der Waals surface area contributed by atoms with Gasteiger partial charge >= 0.3 is 0 Å². The molecule has 0 aliphatic carbocycles. The van der Waals surface area contributed by atoms with E-state index < -0.39 is 0 Å². The van der Waals surface area contributed by atoms with Gasteiger partial charge in [-0.1, -0.05) is 0 Å². The zero-order valence-electron chi connectivity index (χ0n) is 10.0. The van der Waals surface area contributed by atoms with E-state index in [0.29, 0.717) is 11.2 Å². The van der Waals surface area contributed by atoms with E-state index in [1.54, 1.807) is 11.3 Å². The molecule has 2 rings (SSSR count). The van der Waals surface area contributed by atoms with Crippen molar-refractivity contribution in [3.8, 4) is 0 Å². The molecule has 1 aliphatic rings. The summed E-state index contributed by atoms with van der Waals surface area (Å²) in [5.74, 6) is 0. The minimum absolute atomic E-state index is 0.668. The topological polar surface area (TPSA) is 45.4 Å². The molecule has 0 amide bonds. The number of nitrogen functional groups attached to an aromatic ring is 1. The third-order valence-corrected chi connectivity index (χ3v) is 3.90. The maximum absolute atomic E-state index is 5.63. The Kier molecular flexibility index (Phi) is 3.78. The molecule has 2 heterocycles. The van der Waals surface area contributed by atoms with Crippen molar-refractivity contribution in [2.75, 3.05) is 31.9 Å². The summed E-state index contributed by atoms with van der Waals surface area (Å²) in [6.07, 6.45) is 1.90. The normalized spacial score (nSPS) is 19.4. The van der Waals surface area contributed by atoms with Crippen LogP contribution >= 0.6 is 11.3 Å². The Morgan fingerprint density at radius 2 is 2.06 bits per heavy atom. The third kappa shape index (κ3) is 2.93. The van der Waals surface area contributed by atoms with Gasteiger partial charge in [-0.05, 0) is 13.8 Å². The maximum atomic E-state index is 5.63.